The Morgan fingerprint density at radius 1 is 0.759 bits per heavy atom. The van der Waals surface area contributed by atoms with Crippen LogP contribution in [0.2, 0.25) is 0 Å². The second-order valence-electron chi connectivity index (χ2n) is 6.63. The largest absolute Gasteiger partial charge is 0.218 e. The van der Waals surface area contributed by atoms with Crippen LogP contribution >= 0.6 is 0 Å². The molecule has 152 valence electrons. The Morgan fingerprint density at radius 2 is 1.17 bits per heavy atom. The quantitative estimate of drug-likeness (QED) is 0.541. The average Bonchev–Trinajstić information content (AvgIpc) is 2.71. The van der Waals surface area contributed by atoms with Gasteiger partial charge in [-0.15, -0.1) is 11.5 Å². The van der Waals surface area contributed by atoms with Crippen molar-refractivity contribution in [3.8, 4) is 0 Å². The molecule has 0 fully saturated rings. The fourth-order valence-corrected chi connectivity index (χ4v) is 5.71. The normalized spacial score (nSPS) is 11.2. The molecule has 2 aromatic rings. The van der Waals surface area contributed by atoms with Crippen LogP contribution in [-0.4, -0.2) is 16.8 Å². The SMILES string of the molecule is C=C=C(CCCC(=C=C(C)C)S(=O)(=O)c1ccccc1)S(=O)(=O)c1ccccc1. The molecule has 29 heavy (non-hydrogen) atoms. The molecular formula is C23H24O4S2. The van der Waals surface area contributed by atoms with Crippen LogP contribution in [0.1, 0.15) is 33.1 Å². The predicted octanol–water partition coefficient (Wildman–Crippen LogP) is 5.22. The van der Waals surface area contributed by atoms with E-state index in [1.807, 2.05) is 0 Å². The van der Waals surface area contributed by atoms with Gasteiger partial charge in [0.25, 0.3) is 0 Å². The summed E-state index contributed by atoms with van der Waals surface area (Å²) in [7, 11) is -7.40. The first kappa shape index (κ1) is 22.7. The molecule has 0 saturated carbocycles. The van der Waals surface area contributed by atoms with Crippen molar-refractivity contribution in [3.05, 3.63) is 94.1 Å². The third kappa shape index (κ3) is 5.69. The average molecular weight is 429 g/mol. The number of benzene rings is 2. The first-order valence-electron chi connectivity index (χ1n) is 9.12. The van der Waals surface area contributed by atoms with Gasteiger partial charge in [0.15, 0.2) is 0 Å². The maximum absolute atomic E-state index is 13.0. The summed E-state index contributed by atoms with van der Waals surface area (Å²) < 4.78 is 51.4. The van der Waals surface area contributed by atoms with Crippen molar-refractivity contribution < 1.29 is 16.8 Å². The third-order valence-electron chi connectivity index (χ3n) is 4.15. The molecule has 0 aromatic heterocycles. The molecule has 0 aliphatic heterocycles. The van der Waals surface area contributed by atoms with E-state index in [0.29, 0.717) is 6.42 Å². The number of allylic oxidation sites excluding steroid dienone is 2. The molecule has 0 heterocycles. The van der Waals surface area contributed by atoms with E-state index in [2.05, 4.69) is 18.0 Å². The van der Waals surface area contributed by atoms with E-state index in [0.717, 1.165) is 5.57 Å². The lowest BCUT2D eigenvalue weighted by Crippen LogP contribution is -2.07. The summed E-state index contributed by atoms with van der Waals surface area (Å²) in [5.41, 5.74) is 6.18. The molecular weight excluding hydrogens is 404 g/mol. The Hall–Kier alpha value is -2.62. The van der Waals surface area contributed by atoms with Crippen molar-refractivity contribution in [2.75, 3.05) is 0 Å². The van der Waals surface area contributed by atoms with Crippen molar-refractivity contribution in [1.29, 1.82) is 0 Å². The van der Waals surface area contributed by atoms with Gasteiger partial charge < -0.3 is 0 Å². The zero-order chi connectivity index (χ0) is 21.5. The lowest BCUT2D eigenvalue weighted by Gasteiger charge is -2.10. The van der Waals surface area contributed by atoms with Crippen molar-refractivity contribution >= 4 is 19.7 Å². The van der Waals surface area contributed by atoms with Crippen molar-refractivity contribution in [2.24, 2.45) is 0 Å². The van der Waals surface area contributed by atoms with Crippen molar-refractivity contribution in [1.82, 2.24) is 0 Å². The van der Waals surface area contributed by atoms with Crippen LogP contribution in [0.15, 0.2) is 104 Å². The summed E-state index contributed by atoms with van der Waals surface area (Å²) in [4.78, 5) is 0.560. The molecule has 0 aliphatic rings. The molecule has 0 unspecified atom stereocenters. The van der Waals surface area contributed by atoms with E-state index in [9.17, 15) is 16.8 Å². The number of rotatable bonds is 8. The fraction of sp³-hybridized carbons (Fsp3) is 0.217. The lowest BCUT2D eigenvalue weighted by molar-refractivity contribution is 0.598. The highest BCUT2D eigenvalue weighted by Crippen LogP contribution is 2.27. The van der Waals surface area contributed by atoms with Crippen LogP contribution in [0.3, 0.4) is 0 Å². The number of hydrogen-bond acceptors (Lipinski definition) is 4. The maximum Gasteiger partial charge on any atom is 0.210 e. The van der Waals surface area contributed by atoms with Gasteiger partial charge in [0, 0.05) is 0 Å². The van der Waals surface area contributed by atoms with E-state index >= 15 is 0 Å². The number of sulfone groups is 2. The maximum atomic E-state index is 13.0. The van der Waals surface area contributed by atoms with Crippen LogP contribution in [0.5, 0.6) is 0 Å². The fourth-order valence-electron chi connectivity index (χ4n) is 2.75. The summed E-state index contributed by atoms with van der Waals surface area (Å²) in [5.74, 6) is 0. The molecule has 2 aromatic carbocycles. The summed E-state index contributed by atoms with van der Waals surface area (Å²) in [5, 5.41) is 0. The van der Waals surface area contributed by atoms with Gasteiger partial charge in [-0.25, -0.2) is 16.8 Å². The third-order valence-corrected chi connectivity index (χ3v) is 7.89. The van der Waals surface area contributed by atoms with E-state index < -0.39 is 19.7 Å². The summed E-state index contributed by atoms with van der Waals surface area (Å²) in [6.07, 6.45) is 0.614. The highest BCUT2D eigenvalue weighted by Gasteiger charge is 2.23. The minimum Gasteiger partial charge on any atom is -0.218 e. The molecule has 0 saturated heterocycles. The summed E-state index contributed by atoms with van der Waals surface area (Å²) >= 11 is 0. The topological polar surface area (TPSA) is 68.3 Å². The molecule has 0 aliphatic carbocycles. The molecule has 0 amide bonds. The van der Waals surface area contributed by atoms with Crippen LogP contribution in [0, 0.1) is 0 Å². The molecule has 0 atom stereocenters. The minimum absolute atomic E-state index is 0.0531. The van der Waals surface area contributed by atoms with E-state index in [-0.39, 0.29) is 32.4 Å². The van der Waals surface area contributed by atoms with Gasteiger partial charge in [-0.3, -0.25) is 0 Å². The van der Waals surface area contributed by atoms with Gasteiger partial charge in [0.1, 0.15) is 0 Å². The molecule has 0 N–H and O–H groups in total. The molecule has 4 nitrogen and oxygen atoms in total. The first-order chi connectivity index (χ1) is 13.7. The molecule has 0 bridgehead atoms. The van der Waals surface area contributed by atoms with Crippen LogP contribution in [0.4, 0.5) is 0 Å². The Balaban J connectivity index is 2.26. The van der Waals surface area contributed by atoms with Gasteiger partial charge in [-0.1, -0.05) is 43.0 Å². The molecule has 0 spiro atoms. The van der Waals surface area contributed by atoms with Crippen LogP contribution < -0.4 is 0 Å². The van der Waals surface area contributed by atoms with E-state index in [4.69, 9.17) is 0 Å². The van der Waals surface area contributed by atoms with Gasteiger partial charge in [-0.05, 0) is 62.9 Å². The Morgan fingerprint density at radius 3 is 1.59 bits per heavy atom. The molecule has 0 radical (unpaired) electrons. The van der Waals surface area contributed by atoms with E-state index in [1.165, 1.54) is 24.3 Å². The van der Waals surface area contributed by atoms with Crippen molar-refractivity contribution in [3.63, 3.8) is 0 Å². The first-order valence-corrected chi connectivity index (χ1v) is 12.1. The van der Waals surface area contributed by atoms with Crippen molar-refractivity contribution in [2.45, 2.75) is 42.9 Å². The van der Waals surface area contributed by atoms with Gasteiger partial charge >= 0.3 is 0 Å². The van der Waals surface area contributed by atoms with Gasteiger partial charge in [-0.2, -0.15) is 0 Å². The smallest absolute Gasteiger partial charge is 0.210 e. The Kier molecular flexibility index (Phi) is 7.60. The second-order valence-corrected chi connectivity index (χ2v) is 10.6. The summed E-state index contributed by atoms with van der Waals surface area (Å²) in [6, 6.07) is 16.2. The number of hydrogen-bond donors (Lipinski definition) is 0. The van der Waals surface area contributed by atoms with E-state index in [1.54, 1.807) is 50.2 Å². The molecule has 2 rings (SSSR count). The Bertz CT molecular complexity index is 1170. The summed E-state index contributed by atoms with van der Waals surface area (Å²) in [6.45, 7) is 7.06. The van der Waals surface area contributed by atoms with Gasteiger partial charge in [0.2, 0.25) is 19.7 Å². The highest BCUT2D eigenvalue weighted by atomic mass is 32.2. The molecule has 6 heteroatoms. The predicted molar refractivity (Wildman–Crippen MR) is 116 cm³/mol. The minimum atomic E-state index is -3.70. The van der Waals surface area contributed by atoms with Crippen LogP contribution in [0.25, 0.3) is 0 Å². The Labute approximate surface area is 173 Å². The highest BCUT2D eigenvalue weighted by molar-refractivity contribution is 7.95. The monoisotopic (exact) mass is 428 g/mol. The lowest BCUT2D eigenvalue weighted by atomic mass is 10.2. The zero-order valence-electron chi connectivity index (χ0n) is 16.6. The van der Waals surface area contributed by atoms with Crippen LogP contribution in [-0.2, 0) is 19.7 Å². The standard InChI is InChI=1S/C23H24O4S2/c1-4-20(28(24,25)21-12-7-5-8-13-21)16-11-17-23(18-19(2)3)29(26,27)22-14-9-6-10-15-22/h5-10,12-15H,1,11,16-17H2,2-3H3. The zero-order valence-corrected chi connectivity index (χ0v) is 18.2. The van der Waals surface area contributed by atoms with Gasteiger partial charge in [0.05, 0.1) is 19.6 Å². The second kappa shape index (κ2) is 9.73.